The summed E-state index contributed by atoms with van der Waals surface area (Å²) in [5.41, 5.74) is 4.77. The molecule has 0 aromatic carbocycles. The lowest BCUT2D eigenvalue weighted by atomic mass is 10.3. The Morgan fingerprint density at radius 2 is 2.47 bits per heavy atom. The van der Waals surface area contributed by atoms with Crippen molar-refractivity contribution in [2.75, 3.05) is 5.73 Å². The number of anilines is 1. The van der Waals surface area contributed by atoms with Crippen LogP contribution in [-0.4, -0.2) is 15.7 Å². The lowest BCUT2D eigenvalue weighted by Crippen LogP contribution is -2.26. The van der Waals surface area contributed by atoms with Gasteiger partial charge in [-0.15, -0.1) is 0 Å². The first-order chi connectivity index (χ1) is 7.08. The molecule has 1 saturated heterocycles. The SMILES string of the molecule is C=C1O[C@@H](n2ccc(N)nc2=O)C[C@@H]1F. The standard InChI is InChI=1S/C9H10FN3O2/c1-5-6(10)4-8(15-5)13-3-2-7(11)12-9(13)14/h2-3,6,8H,1,4H2,(H2,11,12,14)/t6-,8+/m0/s1. The van der Waals surface area contributed by atoms with E-state index in [0.717, 1.165) is 0 Å². The van der Waals surface area contributed by atoms with Crippen molar-refractivity contribution in [1.29, 1.82) is 0 Å². The smallest absolute Gasteiger partial charge is 0.352 e. The van der Waals surface area contributed by atoms with Gasteiger partial charge in [-0.1, -0.05) is 6.58 Å². The van der Waals surface area contributed by atoms with Gasteiger partial charge < -0.3 is 10.5 Å². The summed E-state index contributed by atoms with van der Waals surface area (Å²) in [4.78, 5) is 14.9. The second-order valence-corrected chi connectivity index (χ2v) is 3.28. The lowest BCUT2D eigenvalue weighted by Gasteiger charge is -2.12. The molecule has 80 valence electrons. The van der Waals surface area contributed by atoms with Crippen molar-refractivity contribution in [2.24, 2.45) is 0 Å². The largest absolute Gasteiger partial charge is 0.472 e. The molecule has 5 nitrogen and oxygen atoms in total. The van der Waals surface area contributed by atoms with Crippen molar-refractivity contribution >= 4 is 5.82 Å². The van der Waals surface area contributed by atoms with Gasteiger partial charge in [0.05, 0.1) is 0 Å². The third-order valence-corrected chi connectivity index (χ3v) is 2.21. The van der Waals surface area contributed by atoms with Gasteiger partial charge in [-0.3, -0.25) is 4.57 Å². The molecule has 2 N–H and O–H groups in total. The Hall–Kier alpha value is -1.85. The van der Waals surface area contributed by atoms with E-state index in [-0.39, 0.29) is 18.0 Å². The Morgan fingerprint density at radius 3 is 3.00 bits per heavy atom. The average Bonchev–Trinajstić information content (AvgIpc) is 2.46. The van der Waals surface area contributed by atoms with Crippen LogP contribution in [0.5, 0.6) is 0 Å². The summed E-state index contributed by atoms with van der Waals surface area (Å²) in [6.45, 7) is 3.40. The molecule has 1 aromatic heterocycles. The van der Waals surface area contributed by atoms with Gasteiger partial charge in [0.1, 0.15) is 11.6 Å². The number of alkyl halides is 1. The van der Waals surface area contributed by atoms with Gasteiger partial charge in [0.25, 0.3) is 0 Å². The van der Waals surface area contributed by atoms with Crippen molar-refractivity contribution in [3.05, 3.63) is 35.1 Å². The summed E-state index contributed by atoms with van der Waals surface area (Å²) in [6, 6.07) is 1.46. The number of nitrogens with zero attached hydrogens (tertiary/aromatic N) is 2. The van der Waals surface area contributed by atoms with Crippen LogP contribution in [0.1, 0.15) is 12.6 Å². The van der Waals surface area contributed by atoms with E-state index in [2.05, 4.69) is 11.6 Å². The van der Waals surface area contributed by atoms with Crippen LogP contribution < -0.4 is 11.4 Å². The van der Waals surface area contributed by atoms with Gasteiger partial charge in [-0.25, -0.2) is 9.18 Å². The molecule has 6 heteroatoms. The highest BCUT2D eigenvalue weighted by Gasteiger charge is 2.31. The normalized spacial score (nSPS) is 25.3. The highest BCUT2D eigenvalue weighted by molar-refractivity contribution is 5.23. The van der Waals surface area contributed by atoms with Crippen LogP contribution in [0.2, 0.25) is 0 Å². The highest BCUT2D eigenvalue weighted by Crippen LogP contribution is 2.31. The predicted octanol–water partition coefficient (Wildman–Crippen LogP) is 0.596. The van der Waals surface area contributed by atoms with Crippen LogP contribution in [0, 0.1) is 0 Å². The Bertz CT molecular complexity index is 457. The molecule has 15 heavy (non-hydrogen) atoms. The second kappa shape index (κ2) is 3.38. The van der Waals surface area contributed by atoms with E-state index in [1.807, 2.05) is 0 Å². The van der Waals surface area contributed by atoms with Crippen molar-refractivity contribution in [1.82, 2.24) is 9.55 Å². The number of hydrogen-bond donors (Lipinski definition) is 1. The number of ether oxygens (including phenoxy) is 1. The summed E-state index contributed by atoms with van der Waals surface area (Å²) in [6.07, 6.45) is -0.405. The predicted molar refractivity (Wildman–Crippen MR) is 51.7 cm³/mol. The number of halogens is 1. The highest BCUT2D eigenvalue weighted by atomic mass is 19.1. The topological polar surface area (TPSA) is 70.1 Å². The van der Waals surface area contributed by atoms with Gasteiger partial charge >= 0.3 is 5.69 Å². The maximum absolute atomic E-state index is 13.1. The van der Waals surface area contributed by atoms with Crippen molar-refractivity contribution < 1.29 is 9.13 Å². The van der Waals surface area contributed by atoms with E-state index in [0.29, 0.717) is 0 Å². The van der Waals surface area contributed by atoms with Gasteiger partial charge in [0.15, 0.2) is 12.4 Å². The molecule has 0 bridgehead atoms. The molecule has 0 spiro atoms. The van der Waals surface area contributed by atoms with Crippen LogP contribution in [0.15, 0.2) is 29.4 Å². The maximum atomic E-state index is 13.1. The Balaban J connectivity index is 2.32. The third kappa shape index (κ3) is 1.70. The molecule has 1 aromatic rings. The fraction of sp³-hybridized carbons (Fsp3) is 0.333. The Kier molecular flexibility index (Phi) is 2.18. The first-order valence-electron chi connectivity index (χ1n) is 4.42. The zero-order valence-corrected chi connectivity index (χ0v) is 7.89. The van der Waals surface area contributed by atoms with Crippen LogP contribution in [0.25, 0.3) is 0 Å². The van der Waals surface area contributed by atoms with E-state index < -0.39 is 18.1 Å². The third-order valence-electron chi connectivity index (χ3n) is 2.21. The Morgan fingerprint density at radius 1 is 1.73 bits per heavy atom. The van der Waals surface area contributed by atoms with Crippen LogP contribution in [-0.2, 0) is 4.74 Å². The van der Waals surface area contributed by atoms with Crippen LogP contribution >= 0.6 is 0 Å². The first kappa shape index (κ1) is 9.70. The van der Waals surface area contributed by atoms with Gasteiger partial charge in [0, 0.05) is 12.6 Å². The van der Waals surface area contributed by atoms with Gasteiger partial charge in [-0.2, -0.15) is 4.98 Å². The van der Waals surface area contributed by atoms with E-state index >= 15 is 0 Å². The first-order valence-corrected chi connectivity index (χ1v) is 4.42. The fourth-order valence-corrected chi connectivity index (χ4v) is 1.42. The molecule has 2 atom stereocenters. The lowest BCUT2D eigenvalue weighted by molar-refractivity contribution is 0.0939. The number of rotatable bonds is 1. The zero-order valence-electron chi connectivity index (χ0n) is 7.89. The maximum Gasteiger partial charge on any atom is 0.352 e. The molecule has 2 rings (SSSR count). The minimum absolute atomic E-state index is 0.0451. The molecule has 0 aliphatic carbocycles. The van der Waals surface area contributed by atoms with Gasteiger partial charge in [0.2, 0.25) is 0 Å². The molecular formula is C9H10FN3O2. The molecular weight excluding hydrogens is 201 g/mol. The summed E-state index contributed by atoms with van der Waals surface area (Å²) in [7, 11) is 0. The number of nitrogens with two attached hydrogens (primary N) is 1. The Labute approximate surface area is 85.0 Å². The zero-order chi connectivity index (χ0) is 11.0. The molecule has 2 heterocycles. The summed E-state index contributed by atoms with van der Waals surface area (Å²) in [5, 5.41) is 0. The van der Waals surface area contributed by atoms with E-state index in [1.165, 1.54) is 16.8 Å². The van der Waals surface area contributed by atoms with Crippen molar-refractivity contribution in [2.45, 2.75) is 18.8 Å². The second-order valence-electron chi connectivity index (χ2n) is 3.28. The average molecular weight is 211 g/mol. The minimum atomic E-state index is -1.24. The van der Waals surface area contributed by atoms with Crippen LogP contribution in [0.4, 0.5) is 10.2 Å². The van der Waals surface area contributed by atoms with Gasteiger partial charge in [-0.05, 0) is 6.07 Å². The van der Waals surface area contributed by atoms with Crippen molar-refractivity contribution in [3.63, 3.8) is 0 Å². The molecule has 1 aliphatic rings. The van der Waals surface area contributed by atoms with Crippen molar-refractivity contribution in [3.8, 4) is 0 Å². The van der Waals surface area contributed by atoms with E-state index in [9.17, 15) is 9.18 Å². The number of nitrogen functional groups attached to an aromatic ring is 1. The quantitative estimate of drug-likeness (QED) is 0.738. The van der Waals surface area contributed by atoms with Crippen LogP contribution in [0.3, 0.4) is 0 Å². The molecule has 0 amide bonds. The molecule has 0 saturated carbocycles. The monoisotopic (exact) mass is 211 g/mol. The molecule has 0 unspecified atom stereocenters. The summed E-state index contributed by atoms with van der Waals surface area (Å²) < 4.78 is 19.4. The number of aromatic nitrogens is 2. The molecule has 1 fully saturated rings. The van der Waals surface area contributed by atoms with E-state index in [1.54, 1.807) is 0 Å². The molecule has 0 radical (unpaired) electrons. The summed E-state index contributed by atoms with van der Waals surface area (Å²) >= 11 is 0. The fourth-order valence-electron chi connectivity index (χ4n) is 1.42. The number of hydrogen-bond acceptors (Lipinski definition) is 4. The number of allylic oxidation sites excluding steroid dienone is 1. The van der Waals surface area contributed by atoms with E-state index in [4.69, 9.17) is 10.5 Å². The summed E-state index contributed by atoms with van der Waals surface area (Å²) in [5.74, 6) is 0.175. The minimum Gasteiger partial charge on any atom is -0.472 e. The molecule has 1 aliphatic heterocycles.